The summed E-state index contributed by atoms with van der Waals surface area (Å²) in [6.07, 6.45) is 2.57. The van der Waals surface area contributed by atoms with Gasteiger partial charge in [0.1, 0.15) is 17.4 Å². The Balaban J connectivity index is 1.07. The summed E-state index contributed by atoms with van der Waals surface area (Å²) in [7, 11) is 0. The Labute approximate surface area is 301 Å². The van der Waals surface area contributed by atoms with Crippen LogP contribution >= 0.6 is 11.8 Å². The number of H-pyrrole nitrogens is 1. The summed E-state index contributed by atoms with van der Waals surface area (Å²) in [5.41, 5.74) is 6.46. The monoisotopic (exact) mass is 685 g/mol. The minimum absolute atomic E-state index is 0.209. The van der Waals surface area contributed by atoms with E-state index in [1.54, 1.807) is 6.33 Å². The number of aromatic amines is 1. The summed E-state index contributed by atoms with van der Waals surface area (Å²) in [4.78, 5) is 37.7. The maximum Gasteiger partial charge on any atom is 0.290 e. The van der Waals surface area contributed by atoms with E-state index in [0.717, 1.165) is 56.4 Å². The van der Waals surface area contributed by atoms with E-state index < -0.39 is 10.8 Å². The zero-order chi connectivity index (χ0) is 34.6. The van der Waals surface area contributed by atoms with Crippen molar-refractivity contribution in [3.05, 3.63) is 203 Å². The van der Waals surface area contributed by atoms with E-state index in [-0.39, 0.29) is 17.3 Å². The number of amides is 2. The van der Waals surface area contributed by atoms with Crippen molar-refractivity contribution >= 4 is 33.9 Å². The highest BCUT2D eigenvalue weighted by Crippen LogP contribution is 2.48. The molecule has 1 aliphatic rings. The quantitative estimate of drug-likeness (QED) is 0.137. The Kier molecular flexibility index (Phi) is 8.95. The average Bonchev–Trinajstić information content (AvgIpc) is 3.77. The van der Waals surface area contributed by atoms with E-state index in [9.17, 15) is 9.59 Å². The molecule has 6 nitrogen and oxygen atoms in total. The number of aromatic nitrogens is 2. The molecule has 2 heterocycles. The zero-order valence-corrected chi connectivity index (χ0v) is 28.6. The Morgan fingerprint density at radius 2 is 1.25 bits per heavy atom. The lowest BCUT2D eigenvalue weighted by molar-refractivity contribution is -0.129. The lowest BCUT2D eigenvalue weighted by Crippen LogP contribution is -2.51. The fourth-order valence-electron chi connectivity index (χ4n) is 7.11. The van der Waals surface area contributed by atoms with Crippen LogP contribution in [-0.2, 0) is 23.2 Å². The fraction of sp³-hybridized carbons (Fsp3) is 0.114. The number of nitrogens with zero attached hydrogens (tertiary/aromatic N) is 2. The summed E-state index contributed by atoms with van der Waals surface area (Å²) < 4.78 is 6.63. The van der Waals surface area contributed by atoms with Gasteiger partial charge in [0.25, 0.3) is 5.24 Å². The first-order chi connectivity index (χ1) is 25.1. The Morgan fingerprint density at radius 3 is 1.84 bits per heavy atom. The first-order valence-corrected chi connectivity index (χ1v) is 17.9. The molecular formula is C44H35N3O3S. The second-order valence-corrected chi connectivity index (χ2v) is 13.8. The second kappa shape index (κ2) is 14.1. The summed E-state index contributed by atoms with van der Waals surface area (Å²) in [6.45, 7) is 0. The Bertz CT molecular complexity index is 2160. The minimum Gasteiger partial charge on any atom is -0.485 e. The molecule has 2 amide bonds. The molecule has 7 aromatic rings. The highest BCUT2D eigenvalue weighted by atomic mass is 32.2. The number of rotatable bonds is 11. The molecule has 0 saturated carbocycles. The van der Waals surface area contributed by atoms with E-state index in [4.69, 9.17) is 4.74 Å². The Morgan fingerprint density at radius 1 is 0.686 bits per heavy atom. The number of carbonyl (C=O) groups excluding carboxylic acids is 2. The van der Waals surface area contributed by atoms with E-state index in [1.807, 2.05) is 140 Å². The maximum absolute atomic E-state index is 14.6. The van der Waals surface area contributed by atoms with E-state index >= 15 is 0 Å². The number of imide groups is 1. The molecule has 0 spiro atoms. The third-order valence-electron chi connectivity index (χ3n) is 9.53. The van der Waals surface area contributed by atoms with Crippen LogP contribution in [0.2, 0.25) is 0 Å². The normalized spacial score (nSPS) is 15.3. The van der Waals surface area contributed by atoms with Crippen LogP contribution in [0, 0.1) is 0 Å². The molecule has 1 aliphatic heterocycles. The van der Waals surface area contributed by atoms with Gasteiger partial charge >= 0.3 is 0 Å². The van der Waals surface area contributed by atoms with Gasteiger partial charge in [-0.05, 0) is 64.1 Å². The molecule has 0 radical (unpaired) electrons. The molecule has 250 valence electrons. The standard InChI is InChI=1S/C44H35N3O3S/c48-42-41(51-43(49)47(42)44(34-15-7-2-8-16-34,35-17-9-3-10-18-35)36-19-11-4-12-20-36)28-32-21-24-37(25-22-32)50-40(27-31-13-5-1-6-14-31)33-23-26-38-39(29-33)46-30-45-38/h1-26,29-30,40-41H,27-28H2,(H,45,46). The van der Waals surface area contributed by atoms with Gasteiger partial charge in [-0.2, -0.15) is 0 Å². The third kappa shape index (κ3) is 6.33. The van der Waals surface area contributed by atoms with Crippen molar-refractivity contribution in [2.75, 3.05) is 0 Å². The topological polar surface area (TPSA) is 75.3 Å². The smallest absolute Gasteiger partial charge is 0.290 e. The molecule has 51 heavy (non-hydrogen) atoms. The highest BCUT2D eigenvalue weighted by molar-refractivity contribution is 8.15. The first kappa shape index (κ1) is 32.3. The lowest BCUT2D eigenvalue weighted by Gasteiger charge is -2.42. The van der Waals surface area contributed by atoms with Crippen molar-refractivity contribution in [3.63, 3.8) is 0 Å². The second-order valence-electron chi connectivity index (χ2n) is 12.7. The number of hydrogen-bond donors (Lipinski definition) is 1. The molecule has 1 saturated heterocycles. The van der Waals surface area contributed by atoms with Crippen molar-refractivity contribution in [2.24, 2.45) is 0 Å². The van der Waals surface area contributed by atoms with Crippen molar-refractivity contribution in [1.82, 2.24) is 14.9 Å². The molecule has 7 heteroatoms. The van der Waals surface area contributed by atoms with Crippen molar-refractivity contribution in [3.8, 4) is 5.75 Å². The van der Waals surface area contributed by atoms with Crippen LogP contribution in [0.3, 0.4) is 0 Å². The van der Waals surface area contributed by atoms with Gasteiger partial charge in [-0.25, -0.2) is 4.98 Å². The van der Waals surface area contributed by atoms with Gasteiger partial charge in [-0.1, -0.05) is 151 Å². The van der Waals surface area contributed by atoms with Gasteiger partial charge in [0.15, 0.2) is 0 Å². The van der Waals surface area contributed by atoms with Crippen molar-refractivity contribution < 1.29 is 14.3 Å². The predicted octanol–water partition coefficient (Wildman–Crippen LogP) is 9.52. The SMILES string of the molecule is O=C1SC(Cc2ccc(OC(Cc3ccccc3)c3ccc4nc[nH]c4c3)cc2)C(=O)N1C(c1ccccc1)(c1ccccc1)c1ccccc1. The molecule has 6 aromatic carbocycles. The van der Waals surface area contributed by atoms with Crippen molar-refractivity contribution in [2.45, 2.75) is 29.7 Å². The molecule has 2 unspecified atom stereocenters. The number of benzene rings is 6. The number of fused-ring (bicyclic) bond motifs is 1. The molecule has 8 rings (SSSR count). The number of nitrogens with one attached hydrogen (secondary N) is 1. The van der Waals surface area contributed by atoms with Gasteiger partial charge in [0.05, 0.1) is 22.6 Å². The maximum atomic E-state index is 14.6. The van der Waals surface area contributed by atoms with Crippen LogP contribution in [0.4, 0.5) is 4.79 Å². The molecule has 2 atom stereocenters. The van der Waals surface area contributed by atoms with Crippen LogP contribution < -0.4 is 4.74 Å². The highest BCUT2D eigenvalue weighted by Gasteiger charge is 2.53. The number of thioether (sulfide) groups is 1. The van der Waals surface area contributed by atoms with Crippen LogP contribution in [-0.4, -0.2) is 31.3 Å². The number of ether oxygens (including phenoxy) is 1. The van der Waals surface area contributed by atoms with Gasteiger partial charge < -0.3 is 9.72 Å². The van der Waals surface area contributed by atoms with Crippen LogP contribution in [0.5, 0.6) is 5.75 Å². The third-order valence-corrected chi connectivity index (χ3v) is 10.6. The van der Waals surface area contributed by atoms with Gasteiger partial charge in [0.2, 0.25) is 5.91 Å². The van der Waals surface area contributed by atoms with Gasteiger partial charge in [-0.15, -0.1) is 0 Å². The van der Waals surface area contributed by atoms with Crippen LogP contribution in [0.25, 0.3) is 11.0 Å². The molecule has 1 aromatic heterocycles. The average molecular weight is 686 g/mol. The van der Waals surface area contributed by atoms with Crippen LogP contribution in [0.15, 0.2) is 170 Å². The van der Waals surface area contributed by atoms with E-state index in [1.165, 1.54) is 10.5 Å². The molecule has 0 bridgehead atoms. The van der Waals surface area contributed by atoms with E-state index in [0.29, 0.717) is 12.8 Å². The summed E-state index contributed by atoms with van der Waals surface area (Å²) in [6, 6.07) is 53.9. The number of hydrogen-bond acceptors (Lipinski definition) is 5. The number of carbonyl (C=O) groups is 2. The lowest BCUT2D eigenvalue weighted by atomic mass is 9.75. The van der Waals surface area contributed by atoms with Crippen LogP contribution in [0.1, 0.15) is 39.5 Å². The minimum atomic E-state index is -1.13. The zero-order valence-electron chi connectivity index (χ0n) is 27.8. The summed E-state index contributed by atoms with van der Waals surface area (Å²) >= 11 is 1.10. The summed E-state index contributed by atoms with van der Waals surface area (Å²) in [5.74, 6) is 0.516. The van der Waals surface area contributed by atoms with Gasteiger partial charge in [-0.3, -0.25) is 14.5 Å². The van der Waals surface area contributed by atoms with E-state index in [2.05, 4.69) is 34.2 Å². The predicted molar refractivity (Wildman–Crippen MR) is 203 cm³/mol. The summed E-state index contributed by atoms with van der Waals surface area (Å²) in [5, 5.41) is -0.841. The number of imidazole rings is 1. The van der Waals surface area contributed by atoms with Crippen molar-refractivity contribution in [1.29, 1.82) is 0 Å². The fourth-order valence-corrected chi connectivity index (χ4v) is 8.16. The first-order valence-electron chi connectivity index (χ1n) is 17.0. The molecule has 0 aliphatic carbocycles. The largest absolute Gasteiger partial charge is 0.485 e. The molecule has 1 fully saturated rings. The Hall–Kier alpha value is -5.92. The molecular weight excluding hydrogens is 651 g/mol. The van der Waals surface area contributed by atoms with Gasteiger partial charge in [0, 0.05) is 6.42 Å². The molecule has 1 N–H and O–H groups in total.